The first kappa shape index (κ1) is 29.5. The van der Waals surface area contributed by atoms with Crippen LogP contribution in [0.2, 0.25) is 0 Å². The smallest absolute Gasteiger partial charge is 0.396 e. The first-order valence-corrected chi connectivity index (χ1v) is 13.6. The number of fused-ring (bicyclic) bond motifs is 1. The third-order valence-corrected chi connectivity index (χ3v) is 7.15. The van der Waals surface area contributed by atoms with E-state index >= 15 is 0 Å². The molecule has 2 heterocycles. The molecule has 8 nitrogen and oxygen atoms in total. The van der Waals surface area contributed by atoms with Gasteiger partial charge < -0.3 is 15.7 Å². The molecule has 2 aromatic heterocycles. The van der Waals surface area contributed by atoms with Crippen LogP contribution in [0.3, 0.4) is 0 Å². The van der Waals surface area contributed by atoms with Crippen molar-refractivity contribution in [1.29, 1.82) is 0 Å². The summed E-state index contributed by atoms with van der Waals surface area (Å²) in [7, 11) is 0. The first-order valence-electron chi connectivity index (χ1n) is 12.8. The topological polar surface area (TPSA) is 109 Å². The summed E-state index contributed by atoms with van der Waals surface area (Å²) >= 11 is 3.31. The number of carbonyl (C=O) groups excluding carboxylic acids is 2. The fourth-order valence-corrected chi connectivity index (χ4v) is 4.83. The van der Waals surface area contributed by atoms with Gasteiger partial charge in [0.05, 0.1) is 40.6 Å². The highest BCUT2D eigenvalue weighted by Gasteiger charge is 2.34. The number of halogens is 4. The Bertz CT molecular complexity index is 1500. The molecule has 1 atom stereocenters. The van der Waals surface area contributed by atoms with Crippen LogP contribution in [0.5, 0.6) is 0 Å². The fraction of sp³-hybridized carbons (Fsp3) is 0.357. The van der Waals surface area contributed by atoms with Crippen molar-refractivity contribution in [3.05, 3.63) is 75.2 Å². The maximum atomic E-state index is 13.5. The van der Waals surface area contributed by atoms with E-state index in [1.165, 1.54) is 6.07 Å². The SMILES string of the molecule is Cc1nn(CC2=CCC(C(=O)NCCCCO)C=C2)c(C)c1NC(=O)c1cc(C(F)(F)F)nc2ccc(Br)cc12. The molecular weight excluding hydrogens is 591 g/mol. The van der Waals surface area contributed by atoms with E-state index in [-0.39, 0.29) is 34.9 Å². The minimum Gasteiger partial charge on any atom is -0.396 e. The standard InChI is InChI=1S/C28H29BrF3N5O3/c1-16-25(35-27(40)22-14-24(28(30,31)32)34-23-10-9-20(29)13-21(22)23)17(2)37(36-16)15-18-5-7-19(8-6-18)26(39)33-11-3-4-12-38/h5-7,9-10,13-14,19,38H,3-4,8,11-12,15H2,1-2H3,(H,33,39)(H,35,40). The van der Waals surface area contributed by atoms with E-state index in [9.17, 15) is 22.8 Å². The van der Waals surface area contributed by atoms with E-state index < -0.39 is 17.8 Å². The molecule has 1 aromatic carbocycles. The Morgan fingerprint density at radius 1 is 1.20 bits per heavy atom. The van der Waals surface area contributed by atoms with E-state index in [1.807, 2.05) is 18.2 Å². The van der Waals surface area contributed by atoms with Crippen LogP contribution in [-0.2, 0) is 17.5 Å². The largest absolute Gasteiger partial charge is 0.433 e. The maximum absolute atomic E-state index is 13.5. The van der Waals surface area contributed by atoms with Crippen LogP contribution in [-0.4, -0.2) is 44.8 Å². The van der Waals surface area contributed by atoms with Gasteiger partial charge in [-0.3, -0.25) is 14.3 Å². The minimum atomic E-state index is -4.71. The molecule has 0 spiro atoms. The number of aliphatic hydroxyl groups excluding tert-OH is 1. The maximum Gasteiger partial charge on any atom is 0.433 e. The molecule has 0 bridgehead atoms. The van der Waals surface area contributed by atoms with Gasteiger partial charge in [-0.15, -0.1) is 0 Å². The van der Waals surface area contributed by atoms with Crippen LogP contribution in [0.25, 0.3) is 10.9 Å². The van der Waals surface area contributed by atoms with Crippen molar-refractivity contribution in [2.24, 2.45) is 5.92 Å². The monoisotopic (exact) mass is 619 g/mol. The molecule has 0 saturated carbocycles. The zero-order chi connectivity index (χ0) is 29.0. The lowest BCUT2D eigenvalue weighted by Crippen LogP contribution is -2.31. The Labute approximate surface area is 237 Å². The minimum absolute atomic E-state index is 0.0560. The zero-order valence-electron chi connectivity index (χ0n) is 22.0. The van der Waals surface area contributed by atoms with Gasteiger partial charge >= 0.3 is 6.18 Å². The number of aryl methyl sites for hydroxylation is 1. The Hall–Kier alpha value is -3.51. The van der Waals surface area contributed by atoms with E-state index in [2.05, 4.69) is 36.6 Å². The number of amides is 2. The summed E-state index contributed by atoms with van der Waals surface area (Å²) in [4.78, 5) is 29.3. The highest BCUT2D eigenvalue weighted by Crippen LogP contribution is 2.33. The number of rotatable bonds is 9. The highest BCUT2D eigenvalue weighted by molar-refractivity contribution is 9.10. The number of nitrogens with one attached hydrogen (secondary N) is 2. The molecule has 1 aliphatic rings. The van der Waals surface area contributed by atoms with Crippen LogP contribution >= 0.6 is 15.9 Å². The number of unbranched alkanes of at least 4 members (excludes halogenated alkanes) is 1. The molecule has 1 aliphatic carbocycles. The van der Waals surface area contributed by atoms with Gasteiger partial charge in [-0.25, -0.2) is 4.98 Å². The predicted octanol–water partition coefficient (Wildman–Crippen LogP) is 5.47. The van der Waals surface area contributed by atoms with Gasteiger partial charge in [-0.05, 0) is 62.9 Å². The molecule has 0 saturated heterocycles. The number of aromatic nitrogens is 3. The summed E-state index contributed by atoms with van der Waals surface area (Å²) in [6, 6.07) is 5.32. The number of anilines is 1. The number of hydrogen-bond acceptors (Lipinski definition) is 5. The van der Waals surface area contributed by atoms with E-state index in [0.717, 1.165) is 18.1 Å². The van der Waals surface area contributed by atoms with Crippen LogP contribution in [0.15, 0.2) is 52.5 Å². The lowest BCUT2D eigenvalue weighted by Gasteiger charge is -2.17. The van der Waals surface area contributed by atoms with Crippen LogP contribution in [0, 0.1) is 19.8 Å². The molecular formula is C28H29BrF3N5O3. The number of aliphatic hydroxyl groups is 1. The number of benzene rings is 1. The molecule has 1 unspecified atom stereocenters. The van der Waals surface area contributed by atoms with Gasteiger partial charge in [-0.1, -0.05) is 34.2 Å². The summed E-state index contributed by atoms with van der Waals surface area (Å²) in [6.45, 7) is 4.50. The van der Waals surface area contributed by atoms with Gasteiger partial charge in [0.1, 0.15) is 5.69 Å². The average Bonchev–Trinajstić information content (AvgIpc) is 3.17. The van der Waals surface area contributed by atoms with Gasteiger partial charge in [0.15, 0.2) is 0 Å². The average molecular weight is 620 g/mol. The van der Waals surface area contributed by atoms with Crippen LogP contribution in [0.4, 0.5) is 18.9 Å². The summed E-state index contributed by atoms with van der Waals surface area (Å²) < 4.78 is 42.8. The third-order valence-electron chi connectivity index (χ3n) is 6.66. The van der Waals surface area contributed by atoms with Crippen molar-refractivity contribution in [1.82, 2.24) is 20.1 Å². The van der Waals surface area contributed by atoms with Crippen molar-refractivity contribution >= 4 is 44.3 Å². The Balaban J connectivity index is 1.49. The van der Waals surface area contributed by atoms with E-state index in [4.69, 9.17) is 5.11 Å². The molecule has 0 fully saturated rings. The quantitative estimate of drug-likeness (QED) is 0.275. The molecule has 2 amide bonds. The van der Waals surface area contributed by atoms with E-state index in [0.29, 0.717) is 47.5 Å². The van der Waals surface area contributed by atoms with E-state index in [1.54, 1.807) is 30.7 Å². The first-order chi connectivity index (χ1) is 19.0. The molecule has 12 heteroatoms. The number of hydrogen-bond donors (Lipinski definition) is 3. The van der Waals surface area contributed by atoms with Crippen molar-refractivity contribution in [2.45, 2.75) is 45.8 Å². The predicted molar refractivity (Wildman–Crippen MR) is 149 cm³/mol. The second-order valence-corrected chi connectivity index (χ2v) is 10.5. The summed E-state index contributed by atoms with van der Waals surface area (Å²) in [5.74, 6) is -1.04. The number of pyridine rings is 1. The molecule has 0 radical (unpaired) electrons. The Kier molecular flexibility index (Phi) is 9.09. The van der Waals surface area contributed by atoms with Gasteiger partial charge in [0, 0.05) is 23.0 Å². The third kappa shape index (κ3) is 6.79. The van der Waals surface area contributed by atoms with Crippen molar-refractivity contribution in [3.63, 3.8) is 0 Å². The summed E-state index contributed by atoms with van der Waals surface area (Å²) in [5.41, 5.74) is 1.27. The molecule has 212 valence electrons. The zero-order valence-corrected chi connectivity index (χ0v) is 23.6. The number of carbonyl (C=O) groups is 2. The fourth-order valence-electron chi connectivity index (χ4n) is 4.47. The van der Waals surface area contributed by atoms with Crippen LogP contribution in [0.1, 0.15) is 46.7 Å². The molecule has 3 N–H and O–H groups in total. The van der Waals surface area contributed by atoms with Gasteiger partial charge in [0.2, 0.25) is 5.91 Å². The molecule has 3 aromatic rings. The number of alkyl halides is 3. The van der Waals surface area contributed by atoms with Crippen molar-refractivity contribution in [2.75, 3.05) is 18.5 Å². The lowest BCUT2D eigenvalue weighted by atomic mass is 9.96. The molecule has 40 heavy (non-hydrogen) atoms. The molecule has 0 aliphatic heterocycles. The molecule has 4 rings (SSSR count). The van der Waals surface area contributed by atoms with Gasteiger partial charge in [0.25, 0.3) is 5.91 Å². The van der Waals surface area contributed by atoms with Gasteiger partial charge in [-0.2, -0.15) is 18.3 Å². The second-order valence-electron chi connectivity index (χ2n) is 9.57. The summed E-state index contributed by atoms with van der Waals surface area (Å²) in [6.07, 6.45) is 2.86. The Morgan fingerprint density at radius 3 is 2.65 bits per heavy atom. The normalized spacial score (nSPS) is 15.3. The van der Waals surface area contributed by atoms with Crippen LogP contribution < -0.4 is 10.6 Å². The lowest BCUT2D eigenvalue weighted by molar-refractivity contribution is -0.141. The van der Waals surface area contributed by atoms with Crippen molar-refractivity contribution in [3.8, 4) is 0 Å². The highest BCUT2D eigenvalue weighted by atomic mass is 79.9. The summed E-state index contributed by atoms with van der Waals surface area (Å²) in [5, 5.41) is 19.3. The second kappa shape index (κ2) is 12.3. The van der Waals surface area contributed by atoms with Crippen molar-refractivity contribution < 1.29 is 27.9 Å². The number of allylic oxidation sites excluding steroid dienone is 3. The Morgan fingerprint density at radius 2 is 1.98 bits per heavy atom. The number of nitrogens with zero attached hydrogens (tertiary/aromatic N) is 3.